The van der Waals surface area contributed by atoms with E-state index in [0.29, 0.717) is 0 Å². The Morgan fingerprint density at radius 1 is 1.14 bits per heavy atom. The summed E-state index contributed by atoms with van der Waals surface area (Å²) in [5.74, 6) is 0.823. The van der Waals surface area contributed by atoms with Crippen LogP contribution in [0.1, 0.15) is 18.5 Å². The third-order valence-electron chi connectivity index (χ3n) is 3.75. The van der Waals surface area contributed by atoms with Crippen molar-refractivity contribution in [2.24, 2.45) is 0 Å². The van der Waals surface area contributed by atoms with Crippen LogP contribution in [0.15, 0.2) is 48.5 Å². The molecule has 0 aliphatic rings. The van der Waals surface area contributed by atoms with Gasteiger partial charge in [-0.15, -0.1) is 0 Å². The van der Waals surface area contributed by atoms with Crippen LogP contribution < -0.4 is 4.74 Å². The van der Waals surface area contributed by atoms with Gasteiger partial charge in [-0.1, -0.05) is 36.4 Å². The second-order valence-corrected chi connectivity index (χ2v) is 5.58. The van der Waals surface area contributed by atoms with Gasteiger partial charge in [0.05, 0.1) is 12.6 Å². The summed E-state index contributed by atoms with van der Waals surface area (Å²) in [5, 5.41) is 0. The molecule has 0 saturated heterocycles. The largest absolute Gasteiger partial charge is 0.494 e. The molecule has 0 aliphatic heterocycles. The molecule has 1 atom stereocenters. The van der Waals surface area contributed by atoms with Crippen LogP contribution in [0, 0.1) is 4.77 Å². The second-order valence-electron chi connectivity index (χ2n) is 5.19. The standard InChI is InChI=1S/C17H18N2OS/c1-12(11-13-7-4-3-5-8-13)19-14-9-6-10-15(20-2)16(14)18-17(19)21/h3-10,12H,11H2,1-2H3,(H,18,21). The Kier molecular flexibility index (Phi) is 3.80. The highest BCUT2D eigenvalue weighted by atomic mass is 32.1. The second kappa shape index (κ2) is 5.74. The van der Waals surface area contributed by atoms with Crippen molar-refractivity contribution in [1.82, 2.24) is 9.55 Å². The summed E-state index contributed by atoms with van der Waals surface area (Å²) in [6, 6.07) is 16.8. The van der Waals surface area contributed by atoms with Gasteiger partial charge in [0.25, 0.3) is 0 Å². The van der Waals surface area contributed by atoms with E-state index < -0.39 is 0 Å². The lowest BCUT2D eigenvalue weighted by molar-refractivity contribution is 0.419. The normalized spacial score (nSPS) is 12.5. The number of nitrogens with one attached hydrogen (secondary N) is 1. The lowest BCUT2D eigenvalue weighted by atomic mass is 10.1. The first-order valence-corrected chi connectivity index (χ1v) is 7.42. The van der Waals surface area contributed by atoms with Gasteiger partial charge in [-0.3, -0.25) is 0 Å². The first-order chi connectivity index (χ1) is 10.2. The van der Waals surface area contributed by atoms with Crippen molar-refractivity contribution >= 4 is 23.3 Å². The predicted octanol–water partition coefficient (Wildman–Crippen LogP) is 4.51. The highest BCUT2D eigenvalue weighted by molar-refractivity contribution is 7.71. The van der Waals surface area contributed by atoms with E-state index in [-0.39, 0.29) is 6.04 Å². The Labute approximate surface area is 129 Å². The van der Waals surface area contributed by atoms with Crippen LogP contribution in [-0.4, -0.2) is 16.7 Å². The van der Waals surface area contributed by atoms with Gasteiger partial charge in [-0.25, -0.2) is 0 Å². The van der Waals surface area contributed by atoms with E-state index in [1.54, 1.807) is 7.11 Å². The Balaban J connectivity index is 2.04. The molecule has 1 aromatic heterocycles. The minimum absolute atomic E-state index is 0.278. The minimum Gasteiger partial charge on any atom is -0.494 e. The number of hydrogen-bond donors (Lipinski definition) is 1. The maximum Gasteiger partial charge on any atom is 0.178 e. The number of rotatable bonds is 4. The molecule has 1 heterocycles. The Morgan fingerprint density at radius 3 is 2.62 bits per heavy atom. The zero-order valence-electron chi connectivity index (χ0n) is 12.2. The number of benzene rings is 2. The summed E-state index contributed by atoms with van der Waals surface area (Å²) in [6.45, 7) is 2.19. The van der Waals surface area contributed by atoms with Crippen molar-refractivity contribution in [2.75, 3.05) is 7.11 Å². The molecule has 0 amide bonds. The minimum atomic E-state index is 0.278. The summed E-state index contributed by atoms with van der Waals surface area (Å²) in [4.78, 5) is 3.27. The number of fused-ring (bicyclic) bond motifs is 1. The molecule has 108 valence electrons. The molecule has 4 heteroatoms. The van der Waals surface area contributed by atoms with Crippen molar-refractivity contribution in [3.63, 3.8) is 0 Å². The zero-order chi connectivity index (χ0) is 14.8. The molecule has 2 aromatic carbocycles. The summed E-state index contributed by atoms with van der Waals surface area (Å²) >= 11 is 5.50. The van der Waals surface area contributed by atoms with Gasteiger partial charge in [-0.05, 0) is 43.3 Å². The van der Waals surface area contributed by atoms with Crippen LogP contribution in [0.2, 0.25) is 0 Å². The van der Waals surface area contributed by atoms with E-state index >= 15 is 0 Å². The number of methoxy groups -OCH3 is 1. The molecule has 0 fully saturated rings. The number of hydrogen-bond acceptors (Lipinski definition) is 2. The number of imidazole rings is 1. The molecule has 0 bridgehead atoms. The quantitative estimate of drug-likeness (QED) is 0.718. The highest BCUT2D eigenvalue weighted by Gasteiger charge is 2.14. The molecule has 0 spiro atoms. The van der Waals surface area contributed by atoms with E-state index in [1.807, 2.05) is 18.2 Å². The van der Waals surface area contributed by atoms with E-state index in [4.69, 9.17) is 17.0 Å². The van der Waals surface area contributed by atoms with Crippen molar-refractivity contribution in [1.29, 1.82) is 0 Å². The van der Waals surface area contributed by atoms with Gasteiger partial charge in [0.1, 0.15) is 11.3 Å². The van der Waals surface area contributed by atoms with Gasteiger partial charge in [-0.2, -0.15) is 0 Å². The van der Waals surface area contributed by atoms with Gasteiger partial charge >= 0.3 is 0 Å². The van der Waals surface area contributed by atoms with Gasteiger partial charge in [0.2, 0.25) is 0 Å². The molecule has 1 N–H and O–H groups in total. The Morgan fingerprint density at radius 2 is 1.90 bits per heavy atom. The van der Waals surface area contributed by atoms with Crippen LogP contribution in [0.25, 0.3) is 11.0 Å². The first kappa shape index (κ1) is 13.9. The van der Waals surface area contributed by atoms with Crippen molar-refractivity contribution < 1.29 is 4.74 Å². The van der Waals surface area contributed by atoms with Crippen molar-refractivity contribution in [3.8, 4) is 5.75 Å². The van der Waals surface area contributed by atoms with Gasteiger partial charge in [0, 0.05) is 6.04 Å². The third-order valence-corrected chi connectivity index (χ3v) is 4.05. The summed E-state index contributed by atoms with van der Waals surface area (Å²) in [5.41, 5.74) is 3.36. The Bertz CT molecular complexity index is 805. The molecule has 0 saturated carbocycles. The number of nitrogens with zero attached hydrogens (tertiary/aromatic N) is 1. The Hall–Kier alpha value is -2.07. The van der Waals surface area contributed by atoms with E-state index in [1.165, 1.54) is 5.56 Å². The zero-order valence-corrected chi connectivity index (χ0v) is 13.0. The topological polar surface area (TPSA) is 29.9 Å². The van der Waals surface area contributed by atoms with E-state index in [0.717, 1.165) is 28.0 Å². The number of para-hydroxylation sites is 1. The number of ether oxygens (including phenoxy) is 1. The number of H-pyrrole nitrogens is 1. The van der Waals surface area contributed by atoms with Crippen LogP contribution in [-0.2, 0) is 6.42 Å². The van der Waals surface area contributed by atoms with Crippen molar-refractivity contribution in [2.45, 2.75) is 19.4 Å². The van der Waals surface area contributed by atoms with Gasteiger partial charge in [0.15, 0.2) is 4.77 Å². The predicted molar refractivity (Wildman–Crippen MR) is 88.5 cm³/mol. The molecule has 3 aromatic rings. The van der Waals surface area contributed by atoms with Crippen LogP contribution in [0.4, 0.5) is 0 Å². The summed E-state index contributed by atoms with van der Waals surface area (Å²) in [7, 11) is 1.68. The number of aromatic nitrogens is 2. The lowest BCUT2D eigenvalue weighted by Gasteiger charge is -2.15. The summed E-state index contributed by atoms with van der Waals surface area (Å²) in [6.07, 6.45) is 0.944. The van der Waals surface area contributed by atoms with Crippen LogP contribution in [0.5, 0.6) is 5.75 Å². The molecular weight excluding hydrogens is 280 g/mol. The van der Waals surface area contributed by atoms with Gasteiger partial charge < -0.3 is 14.3 Å². The SMILES string of the molecule is COc1cccc2c1[nH]c(=S)n2C(C)Cc1ccccc1. The molecule has 3 rings (SSSR count). The van der Waals surface area contributed by atoms with E-state index in [2.05, 4.69) is 46.8 Å². The monoisotopic (exact) mass is 298 g/mol. The molecule has 3 nitrogen and oxygen atoms in total. The molecule has 0 aliphatic carbocycles. The molecule has 0 radical (unpaired) electrons. The van der Waals surface area contributed by atoms with Crippen LogP contribution in [0.3, 0.4) is 0 Å². The van der Waals surface area contributed by atoms with Crippen LogP contribution >= 0.6 is 12.2 Å². The molecule has 1 unspecified atom stereocenters. The molecular formula is C17H18N2OS. The summed E-state index contributed by atoms with van der Waals surface area (Å²) < 4.78 is 8.30. The fourth-order valence-corrected chi connectivity index (χ4v) is 3.16. The fraction of sp³-hybridized carbons (Fsp3) is 0.235. The lowest BCUT2D eigenvalue weighted by Crippen LogP contribution is -2.08. The maximum atomic E-state index is 5.50. The molecule has 21 heavy (non-hydrogen) atoms. The third kappa shape index (κ3) is 2.59. The van der Waals surface area contributed by atoms with E-state index in [9.17, 15) is 0 Å². The first-order valence-electron chi connectivity index (χ1n) is 7.02. The maximum absolute atomic E-state index is 5.50. The highest BCUT2D eigenvalue weighted by Crippen LogP contribution is 2.28. The average Bonchev–Trinajstić information content (AvgIpc) is 2.84. The number of aromatic amines is 1. The average molecular weight is 298 g/mol. The fourth-order valence-electron chi connectivity index (χ4n) is 2.78. The van der Waals surface area contributed by atoms with Crippen molar-refractivity contribution in [3.05, 3.63) is 58.9 Å². The smallest absolute Gasteiger partial charge is 0.178 e.